The molecule has 21 heavy (non-hydrogen) atoms. The molecule has 0 amide bonds. The molecule has 3 rings (SSSR count). The Labute approximate surface area is 125 Å². The summed E-state index contributed by atoms with van der Waals surface area (Å²) in [5.41, 5.74) is 1.99. The Bertz CT molecular complexity index is 597. The summed E-state index contributed by atoms with van der Waals surface area (Å²) >= 11 is 0. The number of para-hydroxylation sites is 2. The second-order valence-electron chi connectivity index (χ2n) is 5.21. The van der Waals surface area contributed by atoms with E-state index in [-0.39, 0.29) is 0 Å². The van der Waals surface area contributed by atoms with Crippen LogP contribution in [0, 0.1) is 0 Å². The summed E-state index contributed by atoms with van der Waals surface area (Å²) < 4.78 is 11.1. The van der Waals surface area contributed by atoms with Crippen molar-refractivity contribution in [2.45, 2.75) is 32.0 Å². The van der Waals surface area contributed by atoms with Gasteiger partial charge < -0.3 is 14.8 Å². The van der Waals surface area contributed by atoms with Gasteiger partial charge in [-0.25, -0.2) is 0 Å². The predicted molar refractivity (Wildman–Crippen MR) is 81.4 cm³/mol. The fourth-order valence-electron chi connectivity index (χ4n) is 2.13. The average molecular weight is 284 g/mol. The highest BCUT2D eigenvalue weighted by atomic mass is 16.5. The van der Waals surface area contributed by atoms with Crippen LogP contribution in [0.2, 0.25) is 0 Å². The Morgan fingerprint density at radius 3 is 2.57 bits per heavy atom. The number of nitrogens with zero attached hydrogens (tertiary/aromatic N) is 1. The molecule has 1 heterocycles. The largest absolute Gasteiger partial charge is 0.493 e. The molecular weight excluding hydrogens is 264 g/mol. The number of aromatic nitrogens is 1. The van der Waals surface area contributed by atoms with Gasteiger partial charge in [-0.1, -0.05) is 18.2 Å². The Morgan fingerprint density at radius 1 is 1.05 bits per heavy atom. The van der Waals surface area contributed by atoms with Gasteiger partial charge in [0.25, 0.3) is 0 Å². The van der Waals surface area contributed by atoms with Crippen molar-refractivity contribution in [1.29, 1.82) is 0 Å². The maximum absolute atomic E-state index is 5.80. The van der Waals surface area contributed by atoms with E-state index < -0.39 is 0 Å². The normalized spacial score (nSPS) is 14.0. The van der Waals surface area contributed by atoms with Gasteiger partial charge in [-0.3, -0.25) is 4.98 Å². The van der Waals surface area contributed by atoms with Crippen LogP contribution in [0.25, 0.3) is 0 Å². The van der Waals surface area contributed by atoms with Crippen LogP contribution < -0.4 is 14.8 Å². The van der Waals surface area contributed by atoms with Crippen LogP contribution in [0.5, 0.6) is 11.5 Å². The topological polar surface area (TPSA) is 43.4 Å². The highest BCUT2D eigenvalue weighted by Crippen LogP contribution is 2.26. The Kier molecular flexibility index (Phi) is 4.36. The van der Waals surface area contributed by atoms with Gasteiger partial charge in [0.2, 0.25) is 0 Å². The lowest BCUT2D eigenvalue weighted by molar-refractivity contribution is 0.280. The molecule has 0 unspecified atom stereocenters. The van der Waals surface area contributed by atoms with Crippen molar-refractivity contribution >= 4 is 0 Å². The van der Waals surface area contributed by atoms with Crippen LogP contribution in [0.3, 0.4) is 0 Å². The van der Waals surface area contributed by atoms with E-state index in [9.17, 15) is 0 Å². The van der Waals surface area contributed by atoms with Crippen molar-refractivity contribution in [2.24, 2.45) is 0 Å². The predicted octanol–water partition coefficient (Wildman–Crippen LogP) is 2.92. The van der Waals surface area contributed by atoms with E-state index in [0.29, 0.717) is 12.6 Å². The van der Waals surface area contributed by atoms with Gasteiger partial charge in [-0.15, -0.1) is 0 Å². The van der Waals surface area contributed by atoms with E-state index in [4.69, 9.17) is 9.47 Å². The summed E-state index contributed by atoms with van der Waals surface area (Å²) in [5, 5.41) is 3.47. The third kappa shape index (κ3) is 3.95. The maximum atomic E-state index is 5.80. The van der Waals surface area contributed by atoms with Gasteiger partial charge in [0, 0.05) is 12.6 Å². The van der Waals surface area contributed by atoms with Crippen molar-refractivity contribution < 1.29 is 9.47 Å². The molecule has 0 saturated heterocycles. The first-order valence-corrected chi connectivity index (χ1v) is 7.29. The summed E-state index contributed by atoms with van der Waals surface area (Å²) in [7, 11) is 1.64. The number of hydrogen-bond acceptors (Lipinski definition) is 4. The molecule has 1 aromatic heterocycles. The van der Waals surface area contributed by atoms with Crippen molar-refractivity contribution in [1.82, 2.24) is 10.3 Å². The zero-order valence-corrected chi connectivity index (χ0v) is 12.2. The molecule has 1 fully saturated rings. The minimum absolute atomic E-state index is 0.442. The van der Waals surface area contributed by atoms with Crippen LogP contribution in [-0.2, 0) is 13.2 Å². The molecule has 0 atom stereocenters. The third-order valence-corrected chi connectivity index (χ3v) is 3.46. The summed E-state index contributed by atoms with van der Waals surface area (Å²) in [5.74, 6) is 1.48. The number of hydrogen-bond donors (Lipinski definition) is 1. The standard InChI is InChI=1S/C17H20N2O2/c1-20-16-7-2-3-8-17(16)21-12-15-6-4-5-14(19-15)11-18-13-9-10-13/h2-8,13,18H,9-12H2,1H3. The zero-order valence-electron chi connectivity index (χ0n) is 12.2. The Balaban J connectivity index is 1.60. The third-order valence-electron chi connectivity index (χ3n) is 3.46. The van der Waals surface area contributed by atoms with Crippen LogP contribution in [0.15, 0.2) is 42.5 Å². The highest BCUT2D eigenvalue weighted by molar-refractivity contribution is 5.39. The second-order valence-corrected chi connectivity index (χ2v) is 5.21. The van der Waals surface area contributed by atoms with E-state index >= 15 is 0 Å². The van der Waals surface area contributed by atoms with Gasteiger partial charge in [-0.05, 0) is 37.1 Å². The van der Waals surface area contributed by atoms with Crippen LogP contribution in [0.1, 0.15) is 24.2 Å². The first kappa shape index (κ1) is 13.9. The average Bonchev–Trinajstić information content (AvgIpc) is 3.36. The number of methoxy groups -OCH3 is 1. The molecule has 1 aromatic carbocycles. The van der Waals surface area contributed by atoms with E-state index in [1.165, 1.54) is 12.8 Å². The summed E-state index contributed by atoms with van der Waals surface area (Å²) in [4.78, 5) is 4.61. The molecule has 1 N–H and O–H groups in total. The Hall–Kier alpha value is -2.07. The highest BCUT2D eigenvalue weighted by Gasteiger charge is 2.20. The fraction of sp³-hybridized carbons (Fsp3) is 0.353. The van der Waals surface area contributed by atoms with E-state index in [1.54, 1.807) is 7.11 Å². The monoisotopic (exact) mass is 284 g/mol. The zero-order chi connectivity index (χ0) is 14.5. The maximum Gasteiger partial charge on any atom is 0.161 e. The second kappa shape index (κ2) is 6.59. The van der Waals surface area contributed by atoms with E-state index in [0.717, 1.165) is 29.4 Å². The number of ether oxygens (including phenoxy) is 2. The fourth-order valence-corrected chi connectivity index (χ4v) is 2.13. The summed E-state index contributed by atoms with van der Waals surface area (Å²) in [6.45, 7) is 1.27. The van der Waals surface area contributed by atoms with Gasteiger partial charge >= 0.3 is 0 Å². The minimum Gasteiger partial charge on any atom is -0.493 e. The molecular formula is C17H20N2O2. The molecule has 4 nitrogen and oxygen atoms in total. The molecule has 4 heteroatoms. The number of benzene rings is 1. The molecule has 0 aliphatic heterocycles. The molecule has 1 saturated carbocycles. The molecule has 1 aliphatic carbocycles. The van der Waals surface area contributed by atoms with Crippen LogP contribution in [0.4, 0.5) is 0 Å². The van der Waals surface area contributed by atoms with Crippen LogP contribution >= 0.6 is 0 Å². The Morgan fingerprint density at radius 2 is 1.81 bits per heavy atom. The number of pyridine rings is 1. The van der Waals surface area contributed by atoms with Crippen molar-refractivity contribution in [3.8, 4) is 11.5 Å². The summed E-state index contributed by atoms with van der Waals surface area (Å²) in [6.07, 6.45) is 2.58. The molecule has 0 bridgehead atoms. The SMILES string of the molecule is COc1ccccc1OCc1cccc(CNC2CC2)n1. The van der Waals surface area contributed by atoms with Crippen LogP contribution in [-0.4, -0.2) is 18.1 Å². The lowest BCUT2D eigenvalue weighted by Crippen LogP contribution is -2.16. The van der Waals surface area contributed by atoms with E-state index in [2.05, 4.69) is 10.3 Å². The molecule has 1 aliphatic rings. The van der Waals surface area contributed by atoms with Crippen molar-refractivity contribution in [3.05, 3.63) is 53.9 Å². The smallest absolute Gasteiger partial charge is 0.161 e. The van der Waals surface area contributed by atoms with E-state index in [1.807, 2.05) is 42.5 Å². The van der Waals surface area contributed by atoms with Gasteiger partial charge in [0.15, 0.2) is 11.5 Å². The first-order chi connectivity index (χ1) is 10.3. The first-order valence-electron chi connectivity index (χ1n) is 7.29. The minimum atomic E-state index is 0.442. The van der Waals surface area contributed by atoms with Crippen molar-refractivity contribution in [3.63, 3.8) is 0 Å². The van der Waals surface area contributed by atoms with Crippen molar-refractivity contribution in [2.75, 3.05) is 7.11 Å². The molecule has 0 spiro atoms. The van der Waals surface area contributed by atoms with Gasteiger partial charge in [-0.2, -0.15) is 0 Å². The quantitative estimate of drug-likeness (QED) is 0.849. The van der Waals surface area contributed by atoms with Gasteiger partial charge in [0.05, 0.1) is 18.5 Å². The number of nitrogens with one attached hydrogen (secondary N) is 1. The molecule has 110 valence electrons. The lowest BCUT2D eigenvalue weighted by Gasteiger charge is -2.10. The molecule has 0 radical (unpaired) electrons. The lowest BCUT2D eigenvalue weighted by atomic mass is 10.3. The molecule has 2 aromatic rings. The number of rotatable bonds is 7. The summed E-state index contributed by atoms with van der Waals surface area (Å²) in [6, 6.07) is 14.4. The van der Waals surface area contributed by atoms with Gasteiger partial charge in [0.1, 0.15) is 6.61 Å².